The molecule has 0 spiro atoms. The summed E-state index contributed by atoms with van der Waals surface area (Å²) in [5, 5.41) is 1.02. The Morgan fingerprint density at radius 1 is 1.16 bits per heavy atom. The maximum absolute atomic E-state index is 14.9. The lowest BCUT2D eigenvalue weighted by Gasteiger charge is -2.24. The number of hydrogen-bond donors (Lipinski definition) is 0. The fourth-order valence-corrected chi connectivity index (χ4v) is 4.21. The summed E-state index contributed by atoms with van der Waals surface area (Å²) in [7, 11) is 0. The van der Waals surface area contributed by atoms with Gasteiger partial charge in [0, 0.05) is 26.6 Å². The molecule has 2 aromatic carbocycles. The fourth-order valence-electron chi connectivity index (χ4n) is 3.85. The molecule has 164 valence electrons. The van der Waals surface area contributed by atoms with Crippen molar-refractivity contribution in [2.24, 2.45) is 0 Å². The number of hydrogen-bond acceptors (Lipinski definition) is 3. The van der Waals surface area contributed by atoms with E-state index in [0.717, 1.165) is 26.6 Å². The van der Waals surface area contributed by atoms with Crippen molar-refractivity contribution in [2.75, 3.05) is 6.61 Å². The van der Waals surface area contributed by atoms with Crippen LogP contribution in [-0.4, -0.2) is 33.9 Å². The van der Waals surface area contributed by atoms with Crippen molar-refractivity contribution in [2.45, 2.75) is 52.2 Å². The van der Waals surface area contributed by atoms with Crippen LogP contribution in [0.1, 0.15) is 32.0 Å². The van der Waals surface area contributed by atoms with Gasteiger partial charge in [-0.15, -0.1) is 0 Å². The van der Waals surface area contributed by atoms with Crippen LogP contribution < -0.4 is 4.74 Å². The summed E-state index contributed by atoms with van der Waals surface area (Å²) in [6, 6.07) is 15.2. The van der Waals surface area contributed by atoms with Crippen molar-refractivity contribution in [3.8, 4) is 5.75 Å². The van der Waals surface area contributed by atoms with Crippen LogP contribution in [0.4, 0.5) is 9.18 Å². The molecule has 1 aromatic heterocycles. The average molecular weight is 489 g/mol. The Bertz CT molecular complexity index is 1090. The van der Waals surface area contributed by atoms with Gasteiger partial charge in [-0.3, -0.25) is 4.90 Å². The number of rotatable bonds is 5. The monoisotopic (exact) mass is 488 g/mol. The first-order chi connectivity index (χ1) is 14.7. The average Bonchev–Trinajstić information content (AvgIpc) is 3.25. The van der Waals surface area contributed by atoms with Gasteiger partial charge in [0.15, 0.2) is 6.17 Å². The van der Waals surface area contributed by atoms with E-state index in [-0.39, 0.29) is 19.2 Å². The minimum Gasteiger partial charge on any atom is -0.490 e. The molecule has 0 N–H and O–H groups in total. The molecule has 4 rings (SSSR count). The smallest absolute Gasteiger partial charge is 0.410 e. The van der Waals surface area contributed by atoms with Crippen molar-refractivity contribution < 1.29 is 18.7 Å². The molecule has 2 heterocycles. The molecule has 1 aliphatic rings. The molecule has 0 aliphatic carbocycles. The van der Waals surface area contributed by atoms with Crippen molar-refractivity contribution in [3.05, 3.63) is 64.3 Å². The van der Waals surface area contributed by atoms with E-state index in [2.05, 4.69) is 15.9 Å². The van der Waals surface area contributed by atoms with Crippen LogP contribution in [0.3, 0.4) is 0 Å². The third kappa shape index (κ3) is 4.87. The first-order valence-corrected chi connectivity index (χ1v) is 11.1. The maximum atomic E-state index is 14.9. The number of amides is 1. The number of aromatic nitrogens is 1. The second-order valence-electron chi connectivity index (χ2n) is 8.76. The molecule has 3 aromatic rings. The van der Waals surface area contributed by atoms with Crippen LogP contribution >= 0.6 is 15.9 Å². The van der Waals surface area contributed by atoms with E-state index in [9.17, 15) is 9.18 Å². The summed E-state index contributed by atoms with van der Waals surface area (Å²) in [6.07, 6.45) is -1.55. The van der Waals surface area contributed by atoms with Gasteiger partial charge in [-0.25, -0.2) is 9.18 Å². The third-order valence-corrected chi connectivity index (χ3v) is 5.64. The highest BCUT2D eigenvalue weighted by atomic mass is 79.9. The Kier molecular flexibility index (Phi) is 5.97. The van der Waals surface area contributed by atoms with Crippen molar-refractivity contribution in [1.82, 2.24) is 9.47 Å². The number of nitrogens with zero attached hydrogens (tertiary/aromatic N) is 2. The van der Waals surface area contributed by atoms with Crippen LogP contribution in [0, 0.1) is 0 Å². The summed E-state index contributed by atoms with van der Waals surface area (Å²) < 4.78 is 29.0. The molecule has 1 amide bonds. The summed E-state index contributed by atoms with van der Waals surface area (Å²) >= 11 is 3.53. The van der Waals surface area contributed by atoms with Crippen molar-refractivity contribution in [3.63, 3.8) is 0 Å². The molecule has 0 saturated heterocycles. The minimum absolute atomic E-state index is 0.0369. The topological polar surface area (TPSA) is 43.7 Å². The normalized spacial score (nSPS) is 14.5. The Morgan fingerprint density at radius 3 is 2.61 bits per heavy atom. The largest absolute Gasteiger partial charge is 0.490 e. The standard InChI is InChI=1S/C24H26BrFN2O3/c1-24(2,3)31-23(29)27-13-20-19-11-16(25)9-10-21(19)28(22(20)14-27)12-17(26)15-30-18-7-5-4-6-8-18/h4-11,17H,12-15H2,1-3H3. The molecule has 0 fully saturated rings. The first kappa shape index (κ1) is 21.7. The molecule has 31 heavy (non-hydrogen) atoms. The van der Waals surface area contributed by atoms with Gasteiger partial charge < -0.3 is 14.0 Å². The molecule has 1 atom stereocenters. The van der Waals surface area contributed by atoms with Gasteiger partial charge in [0.05, 0.1) is 19.6 Å². The number of alkyl halides is 1. The van der Waals surface area contributed by atoms with E-state index < -0.39 is 11.8 Å². The Hall–Kier alpha value is -2.54. The molecule has 0 bridgehead atoms. The van der Waals surface area contributed by atoms with Gasteiger partial charge in [0.2, 0.25) is 0 Å². The molecule has 5 nitrogen and oxygen atoms in total. The molecule has 7 heteroatoms. The number of fused-ring (bicyclic) bond motifs is 3. The van der Waals surface area contributed by atoms with Crippen LogP contribution in [0.5, 0.6) is 5.75 Å². The van der Waals surface area contributed by atoms with E-state index >= 15 is 0 Å². The second kappa shape index (κ2) is 8.54. The molecule has 1 unspecified atom stereocenters. The first-order valence-electron chi connectivity index (χ1n) is 10.3. The highest BCUT2D eigenvalue weighted by molar-refractivity contribution is 9.10. The van der Waals surface area contributed by atoms with Crippen LogP contribution in [0.25, 0.3) is 10.9 Å². The summed E-state index contributed by atoms with van der Waals surface area (Å²) in [5.41, 5.74) is 2.38. The van der Waals surface area contributed by atoms with Crippen LogP contribution in [0.2, 0.25) is 0 Å². The number of carbonyl (C=O) groups excluding carboxylic acids is 1. The van der Waals surface area contributed by atoms with Crippen LogP contribution in [-0.2, 0) is 24.4 Å². The van der Waals surface area contributed by atoms with E-state index in [1.54, 1.807) is 4.90 Å². The van der Waals surface area contributed by atoms with Gasteiger partial charge in [0.1, 0.15) is 18.0 Å². The number of benzene rings is 2. The maximum Gasteiger partial charge on any atom is 0.410 e. The number of para-hydroxylation sites is 1. The van der Waals surface area contributed by atoms with Gasteiger partial charge >= 0.3 is 6.09 Å². The Labute approximate surface area is 189 Å². The Morgan fingerprint density at radius 2 is 1.90 bits per heavy atom. The van der Waals surface area contributed by atoms with E-state index in [1.165, 1.54) is 0 Å². The lowest BCUT2D eigenvalue weighted by Crippen LogP contribution is -2.33. The molecular formula is C24H26BrFN2O3. The lowest BCUT2D eigenvalue weighted by atomic mass is 10.1. The number of halogens is 2. The minimum atomic E-state index is -1.20. The summed E-state index contributed by atoms with van der Waals surface area (Å²) in [6.45, 7) is 6.50. The summed E-state index contributed by atoms with van der Waals surface area (Å²) in [4.78, 5) is 14.3. The Balaban J connectivity index is 1.57. The molecular weight excluding hydrogens is 463 g/mol. The predicted octanol–water partition coefficient (Wildman–Crippen LogP) is 6.07. The SMILES string of the molecule is CC(C)(C)OC(=O)N1Cc2c(n(CC(F)COc3ccccc3)c3ccc(Br)cc23)C1. The van der Waals surface area contributed by atoms with Crippen LogP contribution in [0.15, 0.2) is 53.0 Å². The zero-order valence-electron chi connectivity index (χ0n) is 17.9. The summed E-state index contributed by atoms with van der Waals surface area (Å²) in [5.74, 6) is 0.646. The second-order valence-corrected chi connectivity index (χ2v) is 9.67. The van der Waals surface area contributed by atoms with Crippen molar-refractivity contribution >= 4 is 32.9 Å². The predicted molar refractivity (Wildman–Crippen MR) is 122 cm³/mol. The van der Waals surface area contributed by atoms with E-state index in [4.69, 9.17) is 9.47 Å². The molecule has 0 saturated carbocycles. The van der Waals surface area contributed by atoms with Gasteiger partial charge in [-0.1, -0.05) is 34.1 Å². The third-order valence-electron chi connectivity index (χ3n) is 5.14. The molecule has 1 aliphatic heterocycles. The molecule has 0 radical (unpaired) electrons. The number of ether oxygens (including phenoxy) is 2. The highest BCUT2D eigenvalue weighted by Gasteiger charge is 2.32. The van der Waals surface area contributed by atoms with Gasteiger partial charge in [-0.2, -0.15) is 0 Å². The zero-order valence-corrected chi connectivity index (χ0v) is 19.5. The van der Waals surface area contributed by atoms with Gasteiger partial charge in [-0.05, 0) is 51.1 Å². The fraction of sp³-hybridized carbons (Fsp3) is 0.375. The number of carbonyl (C=O) groups is 1. The quantitative estimate of drug-likeness (QED) is 0.437. The lowest BCUT2D eigenvalue weighted by molar-refractivity contribution is 0.0239. The van der Waals surface area contributed by atoms with E-state index in [1.807, 2.05) is 73.9 Å². The zero-order chi connectivity index (χ0) is 22.2. The van der Waals surface area contributed by atoms with E-state index in [0.29, 0.717) is 18.8 Å². The van der Waals surface area contributed by atoms with Gasteiger partial charge in [0.25, 0.3) is 0 Å². The van der Waals surface area contributed by atoms with Crippen molar-refractivity contribution in [1.29, 1.82) is 0 Å². The highest BCUT2D eigenvalue weighted by Crippen LogP contribution is 2.36.